The van der Waals surface area contributed by atoms with E-state index < -0.39 is 0 Å². The molecule has 11 unspecified atom stereocenters. The van der Waals surface area contributed by atoms with Gasteiger partial charge in [0.1, 0.15) is 0 Å². The second-order valence-electron chi connectivity index (χ2n) is 12.2. The van der Waals surface area contributed by atoms with Crippen LogP contribution < -0.4 is 0 Å². The van der Waals surface area contributed by atoms with E-state index >= 15 is 0 Å². The van der Waals surface area contributed by atoms with Crippen molar-refractivity contribution in [3.8, 4) is 0 Å². The van der Waals surface area contributed by atoms with E-state index in [1.165, 1.54) is 12.8 Å². The lowest BCUT2D eigenvalue weighted by Crippen LogP contribution is -2.54. The highest BCUT2D eigenvalue weighted by molar-refractivity contribution is 5.35. The molecule has 0 aliphatic heterocycles. The van der Waals surface area contributed by atoms with E-state index in [4.69, 9.17) is 0 Å². The molecule has 6 rings (SSSR count). The molecule has 24 heavy (non-hydrogen) atoms. The molecule has 0 heterocycles. The van der Waals surface area contributed by atoms with Gasteiger partial charge in [-0.3, -0.25) is 0 Å². The highest BCUT2D eigenvalue weighted by Gasteiger charge is 2.88. The smallest absolute Gasteiger partial charge is 0.0168 e. The van der Waals surface area contributed by atoms with Gasteiger partial charge in [-0.05, 0) is 102 Å². The summed E-state index contributed by atoms with van der Waals surface area (Å²) in [5, 5.41) is 0. The molecule has 6 fully saturated rings. The summed E-state index contributed by atoms with van der Waals surface area (Å²) in [6, 6.07) is 0. The van der Waals surface area contributed by atoms with Crippen LogP contribution in [0.2, 0.25) is 0 Å². The minimum absolute atomic E-state index is 0.649. The third-order valence-electron chi connectivity index (χ3n) is 12.3. The fourth-order valence-corrected chi connectivity index (χ4v) is 11.9. The zero-order valence-corrected chi connectivity index (χ0v) is 16.7. The molecular weight excluding hydrogens is 288 g/mol. The zero-order valence-electron chi connectivity index (χ0n) is 16.7. The van der Waals surface area contributed by atoms with Crippen molar-refractivity contribution in [3.05, 3.63) is 0 Å². The summed E-state index contributed by atoms with van der Waals surface area (Å²) in [7, 11) is 0. The van der Waals surface area contributed by atoms with Gasteiger partial charge < -0.3 is 0 Å². The SMILES string of the molecule is CCCC1CCC2(C)C3CC4C5C1CC(C)C2(C)C41CC5(C)CC31. The highest BCUT2D eigenvalue weighted by Crippen LogP contribution is 2.94. The Morgan fingerprint density at radius 2 is 1.79 bits per heavy atom. The number of fused-ring (bicyclic) bond motifs is 6. The minimum atomic E-state index is 0.649. The van der Waals surface area contributed by atoms with E-state index in [0.717, 1.165) is 52.3 Å². The van der Waals surface area contributed by atoms with Gasteiger partial charge in [0.25, 0.3) is 0 Å². The summed E-state index contributed by atoms with van der Waals surface area (Å²) < 4.78 is 0. The summed E-state index contributed by atoms with van der Waals surface area (Å²) in [6.07, 6.45) is 12.5. The van der Waals surface area contributed by atoms with Crippen LogP contribution >= 0.6 is 0 Å². The van der Waals surface area contributed by atoms with Gasteiger partial charge in [0.15, 0.2) is 0 Å². The van der Waals surface area contributed by atoms with E-state index in [2.05, 4.69) is 34.6 Å². The Labute approximate surface area is 149 Å². The van der Waals surface area contributed by atoms with Crippen LogP contribution in [0.25, 0.3) is 0 Å². The molecule has 6 aliphatic carbocycles. The van der Waals surface area contributed by atoms with Crippen LogP contribution in [0.5, 0.6) is 0 Å². The van der Waals surface area contributed by atoms with Crippen LogP contribution in [-0.2, 0) is 0 Å². The lowest BCUT2D eigenvalue weighted by atomic mass is 9.45. The van der Waals surface area contributed by atoms with Crippen LogP contribution in [0.1, 0.15) is 86.0 Å². The molecule has 0 amide bonds. The van der Waals surface area contributed by atoms with Crippen LogP contribution in [0, 0.1) is 63.1 Å². The van der Waals surface area contributed by atoms with Gasteiger partial charge in [-0.25, -0.2) is 0 Å². The van der Waals surface area contributed by atoms with Gasteiger partial charge in [0, 0.05) is 0 Å². The molecule has 0 nitrogen and oxygen atoms in total. The molecule has 0 aromatic heterocycles. The molecule has 0 aromatic rings. The third kappa shape index (κ3) is 1.15. The van der Waals surface area contributed by atoms with Crippen molar-refractivity contribution in [2.75, 3.05) is 0 Å². The minimum Gasteiger partial charge on any atom is -0.0654 e. The van der Waals surface area contributed by atoms with Crippen LogP contribution in [0.15, 0.2) is 0 Å². The standard InChI is InChI=1S/C24H38/c1-6-7-15-8-9-22(4)17-11-18-20-16(15)10-14(2)23(22,5)24(18)13-21(20,3)12-19(17)24/h14-20H,6-13H2,1-5H3. The Balaban J connectivity index is 1.64. The molecule has 6 aliphatic rings. The van der Waals surface area contributed by atoms with Crippen LogP contribution in [0.3, 0.4) is 0 Å². The number of hydrogen-bond acceptors (Lipinski definition) is 0. The second-order valence-corrected chi connectivity index (χ2v) is 12.2. The maximum Gasteiger partial charge on any atom is -0.0168 e. The molecule has 0 aromatic carbocycles. The predicted octanol–water partition coefficient (Wildman–Crippen LogP) is 6.55. The fraction of sp³-hybridized carbons (Fsp3) is 1.00. The molecule has 0 saturated heterocycles. The Bertz CT molecular complexity index is 607. The van der Waals surface area contributed by atoms with Gasteiger partial charge in [0.2, 0.25) is 0 Å². The quantitative estimate of drug-likeness (QED) is 0.540. The summed E-state index contributed by atoms with van der Waals surface area (Å²) >= 11 is 0. The number of hydrogen-bond donors (Lipinski definition) is 0. The Hall–Kier alpha value is 0. The molecule has 0 radical (unpaired) electrons. The molecule has 1 spiro atoms. The summed E-state index contributed by atoms with van der Waals surface area (Å²) in [6.45, 7) is 13.5. The second kappa shape index (κ2) is 3.96. The van der Waals surface area contributed by atoms with Gasteiger partial charge in [-0.1, -0.05) is 47.5 Å². The molecule has 6 saturated carbocycles. The first kappa shape index (κ1) is 15.1. The zero-order chi connectivity index (χ0) is 16.7. The van der Waals surface area contributed by atoms with E-state index in [9.17, 15) is 0 Å². The van der Waals surface area contributed by atoms with Crippen molar-refractivity contribution in [2.24, 2.45) is 63.1 Å². The predicted molar refractivity (Wildman–Crippen MR) is 99.5 cm³/mol. The summed E-state index contributed by atoms with van der Waals surface area (Å²) in [5.41, 5.74) is 2.80. The maximum absolute atomic E-state index is 2.83. The topological polar surface area (TPSA) is 0 Å². The average Bonchev–Trinajstić information content (AvgIpc) is 3.08. The average molecular weight is 327 g/mol. The van der Waals surface area contributed by atoms with Crippen molar-refractivity contribution in [1.29, 1.82) is 0 Å². The Kier molecular flexibility index (Phi) is 2.49. The molecule has 11 atom stereocenters. The number of rotatable bonds is 2. The molecule has 6 bridgehead atoms. The Morgan fingerprint density at radius 1 is 1.00 bits per heavy atom. The first-order valence-electron chi connectivity index (χ1n) is 11.3. The van der Waals surface area contributed by atoms with Gasteiger partial charge in [0.05, 0.1) is 0 Å². The van der Waals surface area contributed by atoms with Gasteiger partial charge in [-0.15, -0.1) is 0 Å². The first-order chi connectivity index (χ1) is 11.3. The third-order valence-corrected chi connectivity index (χ3v) is 12.3. The van der Waals surface area contributed by atoms with Crippen molar-refractivity contribution >= 4 is 0 Å². The lowest BCUT2D eigenvalue weighted by Gasteiger charge is -2.60. The van der Waals surface area contributed by atoms with Gasteiger partial charge in [-0.2, -0.15) is 0 Å². The molecular formula is C24H38. The van der Waals surface area contributed by atoms with Crippen molar-refractivity contribution in [3.63, 3.8) is 0 Å². The van der Waals surface area contributed by atoms with Crippen molar-refractivity contribution < 1.29 is 0 Å². The monoisotopic (exact) mass is 326 g/mol. The Morgan fingerprint density at radius 3 is 2.54 bits per heavy atom. The first-order valence-corrected chi connectivity index (χ1v) is 11.3. The van der Waals surface area contributed by atoms with E-state index in [1.54, 1.807) is 38.5 Å². The van der Waals surface area contributed by atoms with Crippen LogP contribution in [-0.4, -0.2) is 0 Å². The normalized spacial score (nSPS) is 71.1. The van der Waals surface area contributed by atoms with E-state index in [-0.39, 0.29) is 0 Å². The van der Waals surface area contributed by atoms with Gasteiger partial charge >= 0.3 is 0 Å². The molecule has 0 heteroatoms. The summed E-state index contributed by atoms with van der Waals surface area (Å²) in [4.78, 5) is 0. The highest BCUT2D eigenvalue weighted by atomic mass is 14.9. The van der Waals surface area contributed by atoms with Crippen LogP contribution in [0.4, 0.5) is 0 Å². The van der Waals surface area contributed by atoms with E-state index in [0.29, 0.717) is 10.8 Å². The van der Waals surface area contributed by atoms with E-state index in [1.807, 2.05) is 0 Å². The largest absolute Gasteiger partial charge is 0.0654 e. The maximum atomic E-state index is 2.83. The van der Waals surface area contributed by atoms with Crippen molar-refractivity contribution in [1.82, 2.24) is 0 Å². The molecule has 0 N–H and O–H groups in total. The molecule has 134 valence electrons. The van der Waals surface area contributed by atoms with Crippen molar-refractivity contribution in [2.45, 2.75) is 86.0 Å². The fourth-order valence-electron chi connectivity index (χ4n) is 11.9. The lowest BCUT2D eigenvalue weighted by molar-refractivity contribution is -0.118. The summed E-state index contributed by atoms with van der Waals surface area (Å²) in [5.74, 6) is 7.51.